The van der Waals surface area contributed by atoms with Crippen LogP contribution in [0.4, 0.5) is 11.4 Å². The highest BCUT2D eigenvalue weighted by Crippen LogP contribution is 2.28. The standard InChI is InChI=1S/C13H12ClIN2O3S/c1-20-13-5-3-9(7-11(13)16)21(18,19)17-12-4-2-8(14)6-10(12)15/h2-7,17H,16H2,1H3. The summed E-state index contributed by atoms with van der Waals surface area (Å²) in [4.78, 5) is 0.0616. The molecule has 5 nitrogen and oxygen atoms in total. The average molecular weight is 439 g/mol. The minimum absolute atomic E-state index is 0.0616. The molecule has 112 valence electrons. The number of nitrogen functional groups attached to an aromatic ring is 1. The number of hydrogen-bond donors (Lipinski definition) is 2. The van der Waals surface area contributed by atoms with Gasteiger partial charge in [-0.1, -0.05) is 11.6 Å². The second kappa shape index (κ2) is 6.29. The zero-order chi connectivity index (χ0) is 15.6. The highest BCUT2D eigenvalue weighted by atomic mass is 127. The SMILES string of the molecule is COc1ccc(S(=O)(=O)Nc2ccc(Cl)cc2I)cc1N. The summed E-state index contributed by atoms with van der Waals surface area (Å²) >= 11 is 7.85. The van der Waals surface area contributed by atoms with E-state index in [1.807, 2.05) is 22.6 Å². The fourth-order valence-electron chi connectivity index (χ4n) is 1.66. The largest absolute Gasteiger partial charge is 0.495 e. The van der Waals surface area contributed by atoms with Crippen molar-refractivity contribution in [3.8, 4) is 5.75 Å². The van der Waals surface area contributed by atoms with Crippen molar-refractivity contribution in [1.29, 1.82) is 0 Å². The molecule has 2 aromatic carbocycles. The molecule has 0 heterocycles. The Hall–Kier alpha value is -1.19. The molecule has 0 saturated carbocycles. The van der Waals surface area contributed by atoms with E-state index >= 15 is 0 Å². The van der Waals surface area contributed by atoms with E-state index in [0.29, 0.717) is 20.0 Å². The van der Waals surface area contributed by atoms with E-state index in [1.54, 1.807) is 18.2 Å². The van der Waals surface area contributed by atoms with Gasteiger partial charge in [-0.2, -0.15) is 0 Å². The van der Waals surface area contributed by atoms with Crippen LogP contribution in [-0.4, -0.2) is 15.5 Å². The molecule has 8 heteroatoms. The van der Waals surface area contributed by atoms with Gasteiger partial charge in [-0.15, -0.1) is 0 Å². The van der Waals surface area contributed by atoms with Crippen LogP contribution >= 0.6 is 34.2 Å². The highest BCUT2D eigenvalue weighted by Gasteiger charge is 2.17. The predicted molar refractivity (Wildman–Crippen MR) is 92.4 cm³/mol. The van der Waals surface area contributed by atoms with Crippen LogP contribution in [0.5, 0.6) is 5.75 Å². The molecular formula is C13H12ClIN2O3S. The number of benzene rings is 2. The van der Waals surface area contributed by atoms with Gasteiger partial charge in [0.2, 0.25) is 0 Å². The number of ether oxygens (including phenoxy) is 1. The zero-order valence-corrected chi connectivity index (χ0v) is 14.7. The van der Waals surface area contributed by atoms with Crippen molar-refractivity contribution < 1.29 is 13.2 Å². The molecule has 0 aliphatic carbocycles. The van der Waals surface area contributed by atoms with Gasteiger partial charge in [-0.05, 0) is 59.0 Å². The van der Waals surface area contributed by atoms with Crippen LogP contribution in [0.2, 0.25) is 5.02 Å². The van der Waals surface area contributed by atoms with Gasteiger partial charge in [0.05, 0.1) is 23.4 Å². The van der Waals surface area contributed by atoms with Gasteiger partial charge < -0.3 is 10.5 Å². The van der Waals surface area contributed by atoms with Crippen LogP contribution in [0.15, 0.2) is 41.3 Å². The van der Waals surface area contributed by atoms with E-state index in [2.05, 4.69) is 4.72 Å². The predicted octanol–water partition coefficient (Wildman–Crippen LogP) is 3.34. The number of nitrogens with one attached hydrogen (secondary N) is 1. The first-order valence-electron chi connectivity index (χ1n) is 5.75. The quantitative estimate of drug-likeness (QED) is 0.567. The summed E-state index contributed by atoms with van der Waals surface area (Å²) in [6, 6.07) is 9.18. The maximum absolute atomic E-state index is 12.3. The molecular weight excluding hydrogens is 427 g/mol. The van der Waals surface area contributed by atoms with Crippen molar-refractivity contribution in [3.05, 3.63) is 45.0 Å². The normalized spacial score (nSPS) is 11.2. The molecule has 0 spiro atoms. The summed E-state index contributed by atoms with van der Waals surface area (Å²) in [6.07, 6.45) is 0. The van der Waals surface area contributed by atoms with Crippen LogP contribution in [0.3, 0.4) is 0 Å². The fraction of sp³-hybridized carbons (Fsp3) is 0.0769. The van der Waals surface area contributed by atoms with Crippen LogP contribution in [0, 0.1) is 3.57 Å². The Kier molecular flexibility index (Phi) is 4.84. The topological polar surface area (TPSA) is 81.4 Å². The Bertz CT molecular complexity index is 781. The molecule has 0 unspecified atom stereocenters. The molecule has 2 aromatic rings. The van der Waals surface area contributed by atoms with Crippen molar-refractivity contribution in [3.63, 3.8) is 0 Å². The molecule has 0 radical (unpaired) electrons. The van der Waals surface area contributed by atoms with Crippen LogP contribution in [0.25, 0.3) is 0 Å². The Labute approximate surface area is 141 Å². The van der Waals surface area contributed by atoms with Crippen molar-refractivity contribution >= 4 is 55.6 Å². The molecule has 0 aliphatic heterocycles. The third-order valence-electron chi connectivity index (χ3n) is 2.69. The number of halogens is 2. The van der Waals surface area contributed by atoms with Crippen molar-refractivity contribution in [2.75, 3.05) is 17.6 Å². The second-order valence-electron chi connectivity index (χ2n) is 4.13. The third kappa shape index (κ3) is 3.72. The number of nitrogens with two attached hydrogens (primary N) is 1. The van der Waals surface area contributed by atoms with Crippen molar-refractivity contribution in [2.24, 2.45) is 0 Å². The molecule has 2 rings (SSSR count). The average Bonchev–Trinajstić information content (AvgIpc) is 2.42. The summed E-state index contributed by atoms with van der Waals surface area (Å²) < 4.78 is 32.9. The van der Waals surface area contributed by atoms with Crippen molar-refractivity contribution in [1.82, 2.24) is 0 Å². The van der Waals surface area contributed by atoms with Crippen LogP contribution in [-0.2, 0) is 10.0 Å². The smallest absolute Gasteiger partial charge is 0.262 e. The Balaban J connectivity index is 2.36. The minimum Gasteiger partial charge on any atom is -0.495 e. The maximum atomic E-state index is 12.3. The van der Waals surface area contributed by atoms with E-state index < -0.39 is 10.0 Å². The zero-order valence-electron chi connectivity index (χ0n) is 10.9. The summed E-state index contributed by atoms with van der Waals surface area (Å²) in [6.45, 7) is 0. The van der Waals surface area contributed by atoms with Crippen molar-refractivity contribution in [2.45, 2.75) is 4.90 Å². The van der Waals surface area contributed by atoms with Gasteiger partial charge in [0.25, 0.3) is 10.0 Å². The molecule has 0 fully saturated rings. The molecule has 0 aliphatic rings. The Morgan fingerprint density at radius 2 is 1.95 bits per heavy atom. The molecule has 0 saturated heterocycles. The Morgan fingerprint density at radius 1 is 1.24 bits per heavy atom. The highest BCUT2D eigenvalue weighted by molar-refractivity contribution is 14.1. The number of anilines is 2. The van der Waals surface area contributed by atoms with Gasteiger partial charge in [0, 0.05) is 8.59 Å². The Morgan fingerprint density at radius 3 is 2.52 bits per heavy atom. The number of hydrogen-bond acceptors (Lipinski definition) is 4. The minimum atomic E-state index is -3.73. The lowest BCUT2D eigenvalue weighted by molar-refractivity contribution is 0.416. The van der Waals surface area contributed by atoms with Gasteiger partial charge in [0.15, 0.2) is 0 Å². The number of sulfonamides is 1. The van der Waals surface area contributed by atoms with E-state index in [-0.39, 0.29) is 10.6 Å². The first-order valence-corrected chi connectivity index (χ1v) is 8.69. The molecule has 0 bridgehead atoms. The fourth-order valence-corrected chi connectivity index (χ4v) is 3.96. The van der Waals surface area contributed by atoms with Crippen LogP contribution < -0.4 is 15.2 Å². The first-order chi connectivity index (χ1) is 9.83. The molecule has 3 N–H and O–H groups in total. The van der Waals surface area contributed by atoms with Gasteiger partial charge in [-0.3, -0.25) is 4.72 Å². The molecule has 0 aromatic heterocycles. The summed E-state index contributed by atoms with van der Waals surface area (Å²) in [5.74, 6) is 0.426. The number of methoxy groups -OCH3 is 1. The van der Waals surface area contributed by atoms with E-state index in [4.69, 9.17) is 22.1 Å². The first kappa shape index (κ1) is 16.2. The summed E-state index contributed by atoms with van der Waals surface area (Å²) in [7, 11) is -2.26. The van der Waals surface area contributed by atoms with Gasteiger partial charge in [-0.25, -0.2) is 8.42 Å². The van der Waals surface area contributed by atoms with E-state index in [9.17, 15) is 8.42 Å². The van der Waals surface area contributed by atoms with Gasteiger partial charge in [0.1, 0.15) is 5.75 Å². The summed E-state index contributed by atoms with van der Waals surface area (Å²) in [5.41, 5.74) is 6.44. The number of rotatable bonds is 4. The molecule has 21 heavy (non-hydrogen) atoms. The lowest BCUT2D eigenvalue weighted by Gasteiger charge is -2.11. The van der Waals surface area contributed by atoms with Gasteiger partial charge >= 0.3 is 0 Å². The summed E-state index contributed by atoms with van der Waals surface area (Å²) in [5, 5.41) is 0.538. The third-order valence-corrected chi connectivity index (χ3v) is 5.18. The second-order valence-corrected chi connectivity index (χ2v) is 7.41. The molecule has 0 amide bonds. The monoisotopic (exact) mass is 438 g/mol. The molecule has 0 atom stereocenters. The van der Waals surface area contributed by atoms with Crippen LogP contribution in [0.1, 0.15) is 0 Å². The lowest BCUT2D eigenvalue weighted by atomic mass is 10.3. The van der Waals surface area contributed by atoms with E-state index in [1.165, 1.54) is 25.3 Å². The maximum Gasteiger partial charge on any atom is 0.262 e. The van der Waals surface area contributed by atoms with E-state index in [0.717, 1.165) is 0 Å². The lowest BCUT2D eigenvalue weighted by Crippen LogP contribution is -2.14.